The maximum atomic E-state index is 11.2. The average molecular weight is 291 g/mol. The van der Waals surface area contributed by atoms with Gasteiger partial charge in [-0.05, 0) is 45.4 Å². The summed E-state index contributed by atoms with van der Waals surface area (Å²) in [7, 11) is 0. The van der Waals surface area contributed by atoms with Gasteiger partial charge in [0.1, 0.15) is 0 Å². The summed E-state index contributed by atoms with van der Waals surface area (Å²) in [5, 5.41) is 14.3. The highest BCUT2D eigenvalue weighted by Crippen LogP contribution is 2.32. The molecule has 2 heterocycles. The standard InChI is InChI=1S/C14H17N3O2S/c1-8-5-6-15-14(13(8)17(18)19)16-10(3)12-7-9(2)20-11(12)4/h5-7,10H,1-4H3,(H,15,16). The number of thiophene rings is 1. The molecule has 1 N–H and O–H groups in total. The predicted molar refractivity (Wildman–Crippen MR) is 81.5 cm³/mol. The van der Waals surface area contributed by atoms with Crippen LogP contribution in [0, 0.1) is 30.9 Å². The first-order valence-electron chi connectivity index (χ1n) is 6.33. The van der Waals surface area contributed by atoms with Gasteiger partial charge in [-0.25, -0.2) is 4.98 Å². The molecule has 1 unspecified atom stereocenters. The van der Waals surface area contributed by atoms with Crippen LogP contribution in [0.1, 0.15) is 33.8 Å². The van der Waals surface area contributed by atoms with Gasteiger partial charge in [-0.15, -0.1) is 11.3 Å². The van der Waals surface area contributed by atoms with Crippen molar-refractivity contribution in [3.8, 4) is 0 Å². The van der Waals surface area contributed by atoms with Crippen molar-refractivity contribution in [1.82, 2.24) is 4.98 Å². The molecule has 5 nitrogen and oxygen atoms in total. The van der Waals surface area contributed by atoms with Gasteiger partial charge in [0.15, 0.2) is 0 Å². The van der Waals surface area contributed by atoms with Gasteiger partial charge in [-0.2, -0.15) is 0 Å². The zero-order valence-corrected chi connectivity index (χ0v) is 12.7. The summed E-state index contributed by atoms with van der Waals surface area (Å²) >= 11 is 1.73. The number of hydrogen-bond acceptors (Lipinski definition) is 5. The molecule has 106 valence electrons. The Bertz CT molecular complexity index is 652. The van der Waals surface area contributed by atoms with Gasteiger partial charge in [0, 0.05) is 21.5 Å². The Morgan fingerprint density at radius 3 is 2.65 bits per heavy atom. The van der Waals surface area contributed by atoms with E-state index in [1.54, 1.807) is 30.5 Å². The van der Waals surface area contributed by atoms with E-state index < -0.39 is 0 Å². The fourth-order valence-corrected chi connectivity index (χ4v) is 3.27. The molecule has 0 aliphatic rings. The van der Waals surface area contributed by atoms with Crippen LogP contribution in [0.3, 0.4) is 0 Å². The second-order valence-electron chi connectivity index (χ2n) is 4.82. The van der Waals surface area contributed by atoms with Crippen molar-refractivity contribution in [2.45, 2.75) is 33.7 Å². The number of anilines is 1. The lowest BCUT2D eigenvalue weighted by Gasteiger charge is -2.15. The minimum Gasteiger partial charge on any atom is -0.358 e. The van der Waals surface area contributed by atoms with Crippen LogP contribution < -0.4 is 5.32 Å². The lowest BCUT2D eigenvalue weighted by molar-refractivity contribution is -0.384. The number of aromatic nitrogens is 1. The van der Waals surface area contributed by atoms with Crippen LogP contribution >= 0.6 is 11.3 Å². The van der Waals surface area contributed by atoms with Gasteiger partial charge >= 0.3 is 5.69 Å². The number of aryl methyl sites for hydroxylation is 3. The molecule has 0 fully saturated rings. The molecular formula is C14H17N3O2S. The van der Waals surface area contributed by atoms with Crippen molar-refractivity contribution >= 4 is 22.8 Å². The third kappa shape index (κ3) is 2.80. The van der Waals surface area contributed by atoms with Gasteiger partial charge in [0.25, 0.3) is 0 Å². The average Bonchev–Trinajstić information content (AvgIpc) is 2.68. The molecule has 0 spiro atoms. The van der Waals surface area contributed by atoms with E-state index in [0.717, 1.165) is 5.56 Å². The molecule has 2 rings (SSSR count). The number of hydrogen-bond donors (Lipinski definition) is 1. The molecule has 0 aliphatic heterocycles. The van der Waals surface area contributed by atoms with Gasteiger partial charge in [-0.3, -0.25) is 10.1 Å². The molecule has 0 amide bonds. The third-order valence-corrected chi connectivity index (χ3v) is 4.19. The fraction of sp³-hybridized carbons (Fsp3) is 0.357. The Labute approximate surface area is 121 Å². The maximum absolute atomic E-state index is 11.2. The van der Waals surface area contributed by atoms with Crippen LogP contribution in [-0.2, 0) is 0 Å². The van der Waals surface area contributed by atoms with Gasteiger partial charge in [0.2, 0.25) is 5.82 Å². The normalized spacial score (nSPS) is 12.2. The summed E-state index contributed by atoms with van der Waals surface area (Å²) in [5.41, 5.74) is 1.81. The number of pyridine rings is 1. The first kappa shape index (κ1) is 14.5. The molecule has 0 aromatic carbocycles. The molecule has 0 bridgehead atoms. The van der Waals surface area contributed by atoms with E-state index in [4.69, 9.17) is 0 Å². The second-order valence-corrected chi connectivity index (χ2v) is 6.28. The van der Waals surface area contributed by atoms with E-state index in [1.165, 1.54) is 9.75 Å². The SMILES string of the molecule is Cc1cc(C(C)Nc2nccc(C)c2[N+](=O)[O-])c(C)s1. The topological polar surface area (TPSA) is 68.1 Å². The Morgan fingerprint density at radius 2 is 2.10 bits per heavy atom. The van der Waals surface area contributed by atoms with E-state index in [9.17, 15) is 10.1 Å². The van der Waals surface area contributed by atoms with Crippen LogP contribution in [0.15, 0.2) is 18.3 Å². The smallest absolute Gasteiger partial charge is 0.314 e. The highest BCUT2D eigenvalue weighted by Gasteiger charge is 2.21. The lowest BCUT2D eigenvalue weighted by Crippen LogP contribution is -2.10. The second kappa shape index (κ2) is 5.58. The van der Waals surface area contributed by atoms with Crippen molar-refractivity contribution in [1.29, 1.82) is 0 Å². The van der Waals surface area contributed by atoms with Crippen LogP contribution in [0.4, 0.5) is 11.5 Å². The lowest BCUT2D eigenvalue weighted by atomic mass is 10.1. The van der Waals surface area contributed by atoms with Crippen LogP contribution in [-0.4, -0.2) is 9.91 Å². The number of nitro groups is 1. The van der Waals surface area contributed by atoms with Crippen molar-refractivity contribution < 1.29 is 4.92 Å². The molecule has 0 saturated carbocycles. The highest BCUT2D eigenvalue weighted by molar-refractivity contribution is 7.12. The van der Waals surface area contributed by atoms with Crippen LogP contribution in [0.5, 0.6) is 0 Å². The van der Waals surface area contributed by atoms with Crippen molar-refractivity contribution in [2.24, 2.45) is 0 Å². The van der Waals surface area contributed by atoms with E-state index in [-0.39, 0.29) is 16.7 Å². The minimum absolute atomic E-state index is 0.0204. The molecule has 6 heteroatoms. The summed E-state index contributed by atoms with van der Waals surface area (Å²) in [6.45, 7) is 7.82. The third-order valence-electron chi connectivity index (χ3n) is 3.21. The Hall–Kier alpha value is -1.95. The van der Waals surface area contributed by atoms with Crippen molar-refractivity contribution in [3.05, 3.63) is 49.3 Å². The summed E-state index contributed by atoms with van der Waals surface area (Å²) in [4.78, 5) is 17.3. The zero-order chi connectivity index (χ0) is 14.9. The Kier molecular flexibility index (Phi) is 4.04. The molecule has 1 atom stereocenters. The first-order valence-corrected chi connectivity index (χ1v) is 7.15. The van der Waals surface area contributed by atoms with E-state index in [0.29, 0.717) is 11.4 Å². The van der Waals surface area contributed by atoms with Gasteiger partial charge < -0.3 is 5.32 Å². The molecular weight excluding hydrogens is 274 g/mol. The fourth-order valence-electron chi connectivity index (χ4n) is 2.25. The number of rotatable bonds is 4. The van der Waals surface area contributed by atoms with Crippen LogP contribution in [0.2, 0.25) is 0 Å². The quantitative estimate of drug-likeness (QED) is 0.678. The summed E-state index contributed by atoms with van der Waals surface area (Å²) in [5.74, 6) is 0.325. The molecule has 2 aromatic heterocycles. The van der Waals surface area contributed by atoms with E-state index in [2.05, 4.69) is 30.2 Å². The number of nitrogens with zero attached hydrogens (tertiary/aromatic N) is 2. The first-order chi connectivity index (χ1) is 9.40. The molecule has 0 aliphatic carbocycles. The summed E-state index contributed by atoms with van der Waals surface area (Å²) in [6.07, 6.45) is 1.59. The van der Waals surface area contributed by atoms with E-state index >= 15 is 0 Å². The van der Waals surface area contributed by atoms with Gasteiger partial charge in [-0.1, -0.05) is 0 Å². The summed E-state index contributed by atoms with van der Waals surface area (Å²) in [6, 6.07) is 3.74. The largest absolute Gasteiger partial charge is 0.358 e. The molecule has 0 radical (unpaired) electrons. The Morgan fingerprint density at radius 1 is 1.40 bits per heavy atom. The Balaban J connectivity index is 2.33. The molecule has 2 aromatic rings. The molecule has 20 heavy (non-hydrogen) atoms. The summed E-state index contributed by atoms with van der Waals surface area (Å²) < 4.78 is 0. The zero-order valence-electron chi connectivity index (χ0n) is 11.9. The van der Waals surface area contributed by atoms with Crippen molar-refractivity contribution in [2.75, 3.05) is 5.32 Å². The molecule has 0 saturated heterocycles. The monoisotopic (exact) mass is 291 g/mol. The van der Waals surface area contributed by atoms with Crippen molar-refractivity contribution in [3.63, 3.8) is 0 Å². The highest BCUT2D eigenvalue weighted by atomic mass is 32.1. The number of nitrogens with one attached hydrogen (secondary N) is 1. The van der Waals surface area contributed by atoms with E-state index in [1.807, 2.05) is 6.92 Å². The minimum atomic E-state index is -0.386. The van der Waals surface area contributed by atoms with Crippen LogP contribution in [0.25, 0.3) is 0 Å². The predicted octanol–water partition coefficient (Wildman–Crippen LogP) is 4.15. The maximum Gasteiger partial charge on any atom is 0.314 e. The van der Waals surface area contributed by atoms with Gasteiger partial charge in [0.05, 0.1) is 11.0 Å².